The average molecular weight is 231 g/mol. The quantitative estimate of drug-likeness (QED) is 0.807. The summed E-state index contributed by atoms with van der Waals surface area (Å²) < 4.78 is 5.08. The van der Waals surface area contributed by atoms with Crippen LogP contribution >= 0.6 is 0 Å². The van der Waals surface area contributed by atoms with Crippen molar-refractivity contribution in [2.24, 2.45) is 5.92 Å². The van der Waals surface area contributed by atoms with Gasteiger partial charge in [-0.2, -0.15) is 0 Å². The maximum Gasteiger partial charge on any atom is 0.224 e. The Hall–Kier alpha value is -1.77. The molecule has 0 fully saturated rings. The highest BCUT2D eigenvalue weighted by molar-refractivity contribution is 5.79. The molecule has 1 amide bonds. The maximum absolute atomic E-state index is 11.8. The van der Waals surface area contributed by atoms with Gasteiger partial charge in [0.2, 0.25) is 5.91 Å². The summed E-state index contributed by atoms with van der Waals surface area (Å²) >= 11 is 0. The standard InChI is InChI=1S/C14H17NO2/c1-17-13-8-6-11(7-9-13)10-15-14(16)12-4-2-3-5-12/h2-3,6-9,12H,4-5,10H2,1H3,(H,15,16). The fourth-order valence-corrected chi connectivity index (χ4v) is 1.91. The number of allylic oxidation sites excluding steroid dienone is 2. The molecule has 1 aliphatic rings. The van der Waals surface area contributed by atoms with Crippen molar-refractivity contribution >= 4 is 5.91 Å². The van der Waals surface area contributed by atoms with Crippen molar-refractivity contribution in [2.75, 3.05) is 7.11 Å². The lowest BCUT2D eigenvalue weighted by molar-refractivity contribution is -0.124. The number of benzene rings is 1. The van der Waals surface area contributed by atoms with Crippen LogP contribution in [0, 0.1) is 5.92 Å². The first-order chi connectivity index (χ1) is 8.29. The molecule has 0 aromatic heterocycles. The third kappa shape index (κ3) is 3.09. The fraction of sp³-hybridized carbons (Fsp3) is 0.357. The van der Waals surface area contributed by atoms with Crippen LogP contribution in [0.25, 0.3) is 0 Å². The summed E-state index contributed by atoms with van der Waals surface area (Å²) in [6.45, 7) is 0.583. The number of carbonyl (C=O) groups excluding carboxylic acids is 1. The fourth-order valence-electron chi connectivity index (χ4n) is 1.91. The first kappa shape index (κ1) is 11.7. The monoisotopic (exact) mass is 231 g/mol. The molecule has 0 unspecified atom stereocenters. The van der Waals surface area contributed by atoms with E-state index in [1.165, 1.54) is 0 Å². The second kappa shape index (κ2) is 5.53. The molecule has 90 valence electrons. The van der Waals surface area contributed by atoms with E-state index in [9.17, 15) is 4.79 Å². The Morgan fingerprint density at radius 2 is 1.94 bits per heavy atom. The molecule has 0 aliphatic heterocycles. The first-order valence-electron chi connectivity index (χ1n) is 5.85. The third-order valence-corrected chi connectivity index (χ3v) is 3.00. The van der Waals surface area contributed by atoms with Gasteiger partial charge >= 0.3 is 0 Å². The first-order valence-corrected chi connectivity index (χ1v) is 5.85. The van der Waals surface area contributed by atoms with Gasteiger partial charge in [-0.25, -0.2) is 0 Å². The Bertz CT molecular complexity index is 401. The molecule has 0 atom stereocenters. The van der Waals surface area contributed by atoms with Crippen LogP contribution in [0.5, 0.6) is 5.75 Å². The molecule has 0 spiro atoms. The van der Waals surface area contributed by atoms with E-state index >= 15 is 0 Å². The molecular formula is C14H17NO2. The lowest BCUT2D eigenvalue weighted by Gasteiger charge is -2.10. The van der Waals surface area contributed by atoms with Crippen molar-refractivity contribution in [3.8, 4) is 5.75 Å². The summed E-state index contributed by atoms with van der Waals surface area (Å²) in [6, 6.07) is 7.73. The topological polar surface area (TPSA) is 38.3 Å². The molecule has 1 aromatic rings. The van der Waals surface area contributed by atoms with Crippen LogP contribution < -0.4 is 10.1 Å². The van der Waals surface area contributed by atoms with Crippen LogP contribution in [0.3, 0.4) is 0 Å². The summed E-state index contributed by atoms with van der Waals surface area (Å²) in [5.74, 6) is 1.11. The van der Waals surface area contributed by atoms with Crippen molar-refractivity contribution in [3.63, 3.8) is 0 Å². The van der Waals surface area contributed by atoms with Crippen LogP contribution in [0.4, 0.5) is 0 Å². The number of rotatable bonds is 4. The van der Waals surface area contributed by atoms with Gasteiger partial charge < -0.3 is 10.1 Å². The van der Waals surface area contributed by atoms with Gasteiger partial charge in [0.25, 0.3) is 0 Å². The average Bonchev–Trinajstić information content (AvgIpc) is 2.90. The van der Waals surface area contributed by atoms with Crippen molar-refractivity contribution in [3.05, 3.63) is 42.0 Å². The molecule has 1 aromatic carbocycles. The Morgan fingerprint density at radius 3 is 2.53 bits per heavy atom. The van der Waals surface area contributed by atoms with Gasteiger partial charge in [0.05, 0.1) is 7.11 Å². The molecule has 0 bridgehead atoms. The van der Waals surface area contributed by atoms with Crippen molar-refractivity contribution in [1.29, 1.82) is 0 Å². The number of ether oxygens (including phenoxy) is 1. The van der Waals surface area contributed by atoms with Crippen molar-refractivity contribution < 1.29 is 9.53 Å². The second-order valence-electron chi connectivity index (χ2n) is 4.21. The highest BCUT2D eigenvalue weighted by atomic mass is 16.5. The van der Waals surface area contributed by atoms with E-state index in [0.717, 1.165) is 24.2 Å². The minimum absolute atomic E-state index is 0.133. The van der Waals surface area contributed by atoms with Gasteiger partial charge in [-0.1, -0.05) is 24.3 Å². The van der Waals surface area contributed by atoms with E-state index < -0.39 is 0 Å². The number of carbonyl (C=O) groups is 1. The molecule has 0 heterocycles. The van der Waals surface area contributed by atoms with Gasteiger partial charge in [-0.3, -0.25) is 4.79 Å². The minimum atomic E-state index is 0.133. The molecular weight excluding hydrogens is 214 g/mol. The molecule has 0 saturated carbocycles. The van der Waals surface area contributed by atoms with Crippen LogP contribution in [0.2, 0.25) is 0 Å². The predicted molar refractivity (Wildman–Crippen MR) is 66.7 cm³/mol. The lowest BCUT2D eigenvalue weighted by atomic mass is 10.1. The number of methoxy groups -OCH3 is 1. The minimum Gasteiger partial charge on any atom is -0.497 e. The molecule has 17 heavy (non-hydrogen) atoms. The van der Waals surface area contributed by atoms with Gasteiger partial charge in [0.1, 0.15) is 5.75 Å². The zero-order valence-electron chi connectivity index (χ0n) is 9.98. The SMILES string of the molecule is COc1ccc(CNC(=O)C2CC=CC2)cc1. The summed E-state index contributed by atoms with van der Waals surface area (Å²) in [5, 5.41) is 2.96. The van der Waals surface area contributed by atoms with E-state index in [1.807, 2.05) is 24.3 Å². The molecule has 0 radical (unpaired) electrons. The summed E-state index contributed by atoms with van der Waals surface area (Å²) in [4.78, 5) is 11.8. The van der Waals surface area contributed by atoms with E-state index in [1.54, 1.807) is 7.11 Å². The molecule has 1 aliphatic carbocycles. The van der Waals surface area contributed by atoms with Crippen LogP contribution in [0.1, 0.15) is 18.4 Å². The molecule has 3 nitrogen and oxygen atoms in total. The number of hydrogen-bond acceptors (Lipinski definition) is 2. The Balaban J connectivity index is 1.82. The summed E-state index contributed by atoms with van der Waals surface area (Å²) in [7, 11) is 1.64. The number of amides is 1. The third-order valence-electron chi connectivity index (χ3n) is 3.00. The maximum atomic E-state index is 11.8. The highest BCUT2D eigenvalue weighted by Gasteiger charge is 2.18. The lowest BCUT2D eigenvalue weighted by Crippen LogP contribution is -2.28. The number of nitrogens with one attached hydrogen (secondary N) is 1. The van der Waals surface area contributed by atoms with E-state index in [0.29, 0.717) is 6.54 Å². The van der Waals surface area contributed by atoms with Crippen LogP contribution in [-0.4, -0.2) is 13.0 Å². The Labute approximate surface area is 101 Å². The smallest absolute Gasteiger partial charge is 0.224 e. The molecule has 0 saturated heterocycles. The van der Waals surface area contributed by atoms with E-state index in [2.05, 4.69) is 17.5 Å². The van der Waals surface area contributed by atoms with Gasteiger partial charge in [0.15, 0.2) is 0 Å². The van der Waals surface area contributed by atoms with Crippen molar-refractivity contribution in [1.82, 2.24) is 5.32 Å². The van der Waals surface area contributed by atoms with Crippen LogP contribution in [-0.2, 0) is 11.3 Å². The zero-order chi connectivity index (χ0) is 12.1. The van der Waals surface area contributed by atoms with Crippen molar-refractivity contribution in [2.45, 2.75) is 19.4 Å². The van der Waals surface area contributed by atoms with E-state index in [4.69, 9.17) is 4.74 Å². The van der Waals surface area contributed by atoms with Gasteiger partial charge in [0, 0.05) is 12.5 Å². The second-order valence-corrected chi connectivity index (χ2v) is 4.21. The molecule has 1 N–H and O–H groups in total. The molecule has 3 heteroatoms. The Morgan fingerprint density at radius 1 is 1.29 bits per heavy atom. The van der Waals surface area contributed by atoms with E-state index in [-0.39, 0.29) is 11.8 Å². The summed E-state index contributed by atoms with van der Waals surface area (Å²) in [5.41, 5.74) is 1.09. The zero-order valence-corrected chi connectivity index (χ0v) is 9.98. The predicted octanol–water partition coefficient (Wildman–Crippen LogP) is 2.28. The number of hydrogen-bond donors (Lipinski definition) is 1. The highest BCUT2D eigenvalue weighted by Crippen LogP contribution is 2.18. The normalized spacial score (nSPS) is 14.9. The van der Waals surface area contributed by atoms with Gasteiger partial charge in [-0.05, 0) is 30.5 Å². The largest absolute Gasteiger partial charge is 0.497 e. The van der Waals surface area contributed by atoms with Crippen LogP contribution in [0.15, 0.2) is 36.4 Å². The summed E-state index contributed by atoms with van der Waals surface area (Å²) in [6.07, 6.45) is 5.87. The molecule has 2 rings (SSSR count). The van der Waals surface area contributed by atoms with Gasteiger partial charge in [-0.15, -0.1) is 0 Å². The Kier molecular flexibility index (Phi) is 3.81.